The van der Waals surface area contributed by atoms with Gasteiger partial charge >= 0.3 is 5.97 Å². The van der Waals surface area contributed by atoms with Gasteiger partial charge in [0.1, 0.15) is 17.4 Å². The average Bonchev–Trinajstić information content (AvgIpc) is 3.66. The van der Waals surface area contributed by atoms with E-state index >= 15 is 0 Å². The molecule has 4 aromatic rings. The van der Waals surface area contributed by atoms with Gasteiger partial charge in [0.05, 0.1) is 24.6 Å². The Hall–Kier alpha value is -4.43. The number of carbonyl (C=O) groups is 2. The van der Waals surface area contributed by atoms with Gasteiger partial charge in [0.2, 0.25) is 0 Å². The first-order chi connectivity index (χ1) is 19.4. The summed E-state index contributed by atoms with van der Waals surface area (Å²) in [5.41, 5.74) is 4.25. The molecule has 0 saturated carbocycles. The number of hydrogen-bond acceptors (Lipinski definition) is 7. The number of amides is 1. The van der Waals surface area contributed by atoms with Crippen molar-refractivity contribution in [3.63, 3.8) is 0 Å². The number of benzene rings is 2. The van der Waals surface area contributed by atoms with Crippen molar-refractivity contribution in [2.24, 2.45) is 0 Å². The van der Waals surface area contributed by atoms with Crippen molar-refractivity contribution in [1.82, 2.24) is 10.3 Å². The molecule has 0 unspecified atom stereocenters. The topological polar surface area (TPSA) is 90.7 Å². The number of carbonyl (C=O) groups excluding carboxylic acids is 2. The van der Waals surface area contributed by atoms with E-state index in [9.17, 15) is 9.59 Å². The number of thiazole rings is 1. The molecule has 8 heteroatoms. The van der Waals surface area contributed by atoms with Crippen LogP contribution in [0.1, 0.15) is 59.2 Å². The Labute approximate surface area is 238 Å². The van der Waals surface area contributed by atoms with Gasteiger partial charge < -0.3 is 19.2 Å². The highest BCUT2D eigenvalue weighted by atomic mass is 32.1. The lowest BCUT2D eigenvalue weighted by Gasteiger charge is -2.16. The fourth-order valence-electron chi connectivity index (χ4n) is 3.98. The van der Waals surface area contributed by atoms with Crippen molar-refractivity contribution in [3.05, 3.63) is 123 Å². The maximum atomic E-state index is 12.9. The molecule has 0 spiro atoms. The number of hydrogen-bond donors (Lipinski definition) is 1. The molecule has 1 amide bonds. The lowest BCUT2D eigenvalue weighted by atomic mass is 10.1. The van der Waals surface area contributed by atoms with Crippen LogP contribution in [-0.4, -0.2) is 23.5 Å². The summed E-state index contributed by atoms with van der Waals surface area (Å²) in [6.45, 7) is 6.22. The molecule has 2 aromatic heterocycles. The molecule has 0 saturated heterocycles. The van der Waals surface area contributed by atoms with Crippen molar-refractivity contribution in [3.8, 4) is 5.75 Å². The molecule has 4 rings (SSSR count). The maximum Gasteiger partial charge on any atom is 0.333 e. The summed E-state index contributed by atoms with van der Waals surface area (Å²) in [7, 11) is 0. The van der Waals surface area contributed by atoms with Crippen LogP contribution in [0.15, 0.2) is 100 Å². The quantitative estimate of drug-likeness (QED) is 0.115. The summed E-state index contributed by atoms with van der Waals surface area (Å²) in [6, 6.07) is 20.8. The van der Waals surface area contributed by atoms with E-state index in [1.807, 2.05) is 73.0 Å². The second kappa shape index (κ2) is 14.1. The van der Waals surface area contributed by atoms with Crippen LogP contribution in [0, 0.1) is 0 Å². The molecule has 2 aromatic carbocycles. The molecule has 40 heavy (non-hydrogen) atoms. The van der Waals surface area contributed by atoms with Gasteiger partial charge in [-0.05, 0) is 80.3 Å². The highest BCUT2D eigenvalue weighted by Gasteiger charge is 2.21. The molecule has 0 bridgehead atoms. The van der Waals surface area contributed by atoms with Crippen molar-refractivity contribution >= 4 is 29.3 Å². The Kier molecular flexibility index (Phi) is 10.1. The van der Waals surface area contributed by atoms with Crippen LogP contribution in [0.5, 0.6) is 5.75 Å². The normalized spacial score (nSPS) is 12.6. The van der Waals surface area contributed by atoms with E-state index in [4.69, 9.17) is 18.9 Å². The number of aromatic nitrogens is 1. The SMILES string of the molecule is CCOC(=O)/C(C)=C\C(C)=C\c1csc([C@H](Cc2ccc(OCc3ccccc3)cc2)NC(=O)c2ccco2)n1. The van der Waals surface area contributed by atoms with Crippen LogP contribution in [-0.2, 0) is 22.6 Å². The number of nitrogens with zero attached hydrogens (tertiary/aromatic N) is 1. The summed E-state index contributed by atoms with van der Waals surface area (Å²) in [5.74, 6) is 0.356. The van der Waals surface area contributed by atoms with Gasteiger partial charge in [0.15, 0.2) is 5.76 Å². The Morgan fingerprint density at radius 2 is 1.80 bits per heavy atom. The van der Waals surface area contributed by atoms with E-state index in [-0.39, 0.29) is 23.7 Å². The second-order valence-electron chi connectivity index (χ2n) is 9.17. The smallest absolute Gasteiger partial charge is 0.333 e. The molecule has 2 heterocycles. The zero-order valence-electron chi connectivity index (χ0n) is 22.8. The van der Waals surface area contributed by atoms with Crippen molar-refractivity contribution in [1.29, 1.82) is 0 Å². The van der Waals surface area contributed by atoms with Gasteiger partial charge in [-0.3, -0.25) is 4.79 Å². The molecular formula is C32H32N2O5S. The molecule has 1 atom stereocenters. The highest BCUT2D eigenvalue weighted by Crippen LogP contribution is 2.25. The van der Waals surface area contributed by atoms with Gasteiger partial charge in [0, 0.05) is 11.0 Å². The zero-order valence-corrected chi connectivity index (χ0v) is 23.6. The predicted molar refractivity (Wildman–Crippen MR) is 156 cm³/mol. The van der Waals surface area contributed by atoms with Crippen LogP contribution in [0.4, 0.5) is 0 Å². The standard InChI is InChI=1S/C32H32N2O5S/c1-4-37-32(36)23(3)17-22(2)18-26-21-40-31(33-26)28(34-30(35)29-11-8-16-38-29)19-24-12-14-27(15-13-24)39-20-25-9-6-5-7-10-25/h5-18,21,28H,4,19-20H2,1-3H3,(H,34,35)/b22-18+,23-17-/t28-/m0/s1. The Bertz CT molecular complexity index is 1450. The van der Waals surface area contributed by atoms with Crippen LogP contribution >= 0.6 is 11.3 Å². The van der Waals surface area contributed by atoms with Gasteiger partial charge in [-0.2, -0.15) is 0 Å². The molecule has 0 aliphatic rings. The minimum Gasteiger partial charge on any atom is -0.489 e. The molecular weight excluding hydrogens is 524 g/mol. The maximum absolute atomic E-state index is 12.9. The van der Waals surface area contributed by atoms with Crippen LogP contribution in [0.3, 0.4) is 0 Å². The fourth-order valence-corrected chi connectivity index (χ4v) is 4.81. The number of ether oxygens (including phenoxy) is 2. The summed E-state index contributed by atoms with van der Waals surface area (Å²) in [4.78, 5) is 29.6. The van der Waals surface area contributed by atoms with Crippen LogP contribution in [0.25, 0.3) is 6.08 Å². The van der Waals surface area contributed by atoms with Crippen molar-refractivity contribution in [2.45, 2.75) is 39.8 Å². The van der Waals surface area contributed by atoms with E-state index in [1.165, 1.54) is 17.6 Å². The third kappa shape index (κ3) is 8.28. The average molecular weight is 557 g/mol. The van der Waals surface area contributed by atoms with E-state index in [2.05, 4.69) is 5.32 Å². The third-order valence-electron chi connectivity index (χ3n) is 5.92. The van der Waals surface area contributed by atoms with Crippen LogP contribution in [0.2, 0.25) is 0 Å². The largest absolute Gasteiger partial charge is 0.489 e. The molecule has 1 N–H and O–H groups in total. The fraction of sp³-hybridized carbons (Fsp3) is 0.219. The highest BCUT2D eigenvalue weighted by molar-refractivity contribution is 7.09. The first kappa shape index (κ1) is 28.6. The van der Waals surface area contributed by atoms with Crippen molar-refractivity contribution < 1.29 is 23.5 Å². The number of furan rings is 1. The Morgan fingerprint density at radius 3 is 2.50 bits per heavy atom. The molecule has 0 aliphatic carbocycles. The summed E-state index contributed by atoms with van der Waals surface area (Å²) in [5, 5.41) is 5.75. The van der Waals surface area contributed by atoms with E-state index in [0.717, 1.165) is 33.2 Å². The Morgan fingerprint density at radius 1 is 1.02 bits per heavy atom. The van der Waals surface area contributed by atoms with Gasteiger partial charge in [-0.15, -0.1) is 11.3 Å². The lowest BCUT2D eigenvalue weighted by molar-refractivity contribution is -0.138. The molecule has 0 radical (unpaired) electrons. The van der Waals surface area contributed by atoms with E-state index in [1.54, 1.807) is 32.1 Å². The Balaban J connectivity index is 1.49. The van der Waals surface area contributed by atoms with Crippen molar-refractivity contribution in [2.75, 3.05) is 6.61 Å². The van der Waals surface area contributed by atoms with Gasteiger partial charge in [-0.25, -0.2) is 9.78 Å². The van der Waals surface area contributed by atoms with Gasteiger partial charge in [0.25, 0.3) is 5.91 Å². The first-order valence-corrected chi connectivity index (χ1v) is 13.9. The first-order valence-electron chi connectivity index (χ1n) is 13.0. The third-order valence-corrected chi connectivity index (χ3v) is 6.89. The molecule has 206 valence electrons. The predicted octanol–water partition coefficient (Wildman–Crippen LogP) is 6.94. The molecule has 0 fully saturated rings. The van der Waals surface area contributed by atoms with Crippen LogP contribution < -0.4 is 10.1 Å². The summed E-state index contributed by atoms with van der Waals surface area (Å²) < 4.78 is 16.3. The molecule has 7 nitrogen and oxygen atoms in total. The zero-order chi connectivity index (χ0) is 28.3. The lowest BCUT2D eigenvalue weighted by Crippen LogP contribution is -2.29. The number of nitrogens with one attached hydrogen (secondary N) is 1. The number of allylic oxidation sites excluding steroid dienone is 2. The molecule has 0 aliphatic heterocycles. The summed E-state index contributed by atoms with van der Waals surface area (Å²) >= 11 is 1.46. The van der Waals surface area contributed by atoms with E-state index < -0.39 is 0 Å². The van der Waals surface area contributed by atoms with E-state index in [0.29, 0.717) is 25.2 Å². The number of esters is 1. The second-order valence-corrected chi connectivity index (χ2v) is 10.1. The number of rotatable bonds is 12. The van der Waals surface area contributed by atoms with Gasteiger partial charge in [-0.1, -0.05) is 42.5 Å². The monoisotopic (exact) mass is 556 g/mol. The summed E-state index contributed by atoms with van der Waals surface area (Å²) in [6.07, 6.45) is 5.67. The minimum atomic E-state index is -0.377. The minimum absolute atomic E-state index is 0.238.